The normalized spacial score (nSPS) is 12.3. The smallest absolute Gasteiger partial charge is 0.109 e. The molecule has 6 heteroatoms. The number of hydrogen-bond acceptors (Lipinski definition) is 4. The molecule has 0 fully saturated rings. The molecule has 22 heavy (non-hydrogen) atoms. The summed E-state index contributed by atoms with van der Waals surface area (Å²) in [6.07, 6.45) is 1.61. The predicted octanol–water partition coefficient (Wildman–Crippen LogP) is 1.75. The highest BCUT2D eigenvalue weighted by Crippen LogP contribution is 2.13. The first-order chi connectivity index (χ1) is 9.85. The van der Waals surface area contributed by atoms with Crippen LogP contribution in [0.4, 0.5) is 5.69 Å². The van der Waals surface area contributed by atoms with Gasteiger partial charge in [-0.3, -0.25) is 0 Å². The van der Waals surface area contributed by atoms with Crippen LogP contribution in [0.1, 0.15) is 19.4 Å². The number of likely N-dealkylation sites (N-methyl/N-ethyl adjacent to an activating group) is 1. The van der Waals surface area contributed by atoms with Crippen molar-refractivity contribution in [2.75, 3.05) is 45.7 Å². The molecule has 1 rings (SSSR count). The van der Waals surface area contributed by atoms with Gasteiger partial charge in [0, 0.05) is 24.7 Å². The average molecular weight is 327 g/mol. The van der Waals surface area contributed by atoms with E-state index in [4.69, 9.17) is 0 Å². The van der Waals surface area contributed by atoms with E-state index >= 15 is 0 Å². The highest BCUT2D eigenvalue weighted by atomic mass is 35.5. The Morgan fingerprint density at radius 1 is 1.14 bits per heavy atom. The van der Waals surface area contributed by atoms with Gasteiger partial charge in [-0.25, -0.2) is 0 Å². The monoisotopic (exact) mass is 326 g/mol. The molecule has 5 nitrogen and oxygen atoms in total. The summed E-state index contributed by atoms with van der Waals surface area (Å²) < 4.78 is 0.552. The first kappa shape index (κ1) is 20.4. The summed E-state index contributed by atoms with van der Waals surface area (Å²) in [4.78, 5) is 2.27. The maximum atomic E-state index is 11.6. The Bertz CT molecular complexity index is 488. The van der Waals surface area contributed by atoms with E-state index in [1.165, 1.54) is 5.69 Å². The topological polar surface area (TPSA) is 51.0 Å². The predicted molar refractivity (Wildman–Crippen MR) is 95.2 cm³/mol. The largest absolute Gasteiger partial charge is 0.857 e. The van der Waals surface area contributed by atoms with Crippen LogP contribution in [-0.2, 0) is 0 Å². The second kappa shape index (κ2) is 9.43. The molecule has 0 aliphatic carbocycles. The Kier molecular flexibility index (Phi) is 8.75. The lowest BCUT2D eigenvalue weighted by Gasteiger charge is -2.25. The summed E-state index contributed by atoms with van der Waals surface area (Å²) in [6.45, 7) is 6.59. The molecule has 1 aromatic carbocycles. The molecular weight excluding hydrogens is 300 g/mol. The third-order valence-corrected chi connectivity index (χ3v) is 3.01. The number of benzene rings is 1. The zero-order valence-electron chi connectivity index (χ0n) is 14.1. The van der Waals surface area contributed by atoms with Gasteiger partial charge >= 0.3 is 0 Å². The second-order valence-corrected chi connectivity index (χ2v) is 5.95. The van der Waals surface area contributed by atoms with Gasteiger partial charge in [-0.15, -0.1) is 12.4 Å². The summed E-state index contributed by atoms with van der Waals surface area (Å²) >= 11 is 0. The van der Waals surface area contributed by atoms with Crippen molar-refractivity contribution in [3.63, 3.8) is 0 Å². The molecule has 0 aliphatic heterocycles. The van der Waals surface area contributed by atoms with Crippen LogP contribution in [-0.4, -0.2) is 57.4 Å². The standard InChI is InChI=1S/C16H26N4O.ClH/c1-6-19(7-2)15-10-8-14(9-11-15)12-17-18-16(21)13-20(3,4)5;/h8-12H,6-7,13H2,1-5H3;1H/b17-12+;. The molecule has 0 N–H and O–H groups in total. The van der Waals surface area contributed by atoms with Crippen LogP contribution >= 0.6 is 12.4 Å². The molecule has 0 aliphatic rings. The fraction of sp³-hybridized carbons (Fsp3) is 0.500. The number of rotatable bonds is 7. The fourth-order valence-electron chi connectivity index (χ4n) is 1.96. The highest BCUT2D eigenvalue weighted by molar-refractivity contribution is 5.85. The van der Waals surface area contributed by atoms with Crippen molar-refractivity contribution < 1.29 is 9.59 Å². The van der Waals surface area contributed by atoms with Crippen molar-refractivity contribution in [2.24, 2.45) is 10.2 Å². The summed E-state index contributed by atoms with van der Waals surface area (Å²) in [5.74, 6) is -0.210. The van der Waals surface area contributed by atoms with Crippen LogP contribution in [0.15, 0.2) is 34.5 Å². The highest BCUT2D eigenvalue weighted by Gasteiger charge is 2.05. The molecule has 0 spiro atoms. The number of nitrogens with zero attached hydrogens (tertiary/aromatic N) is 4. The van der Waals surface area contributed by atoms with Gasteiger partial charge in [0.2, 0.25) is 0 Å². The van der Waals surface area contributed by atoms with E-state index in [9.17, 15) is 5.11 Å². The van der Waals surface area contributed by atoms with Gasteiger partial charge in [0.25, 0.3) is 0 Å². The van der Waals surface area contributed by atoms with Crippen molar-refractivity contribution in [1.82, 2.24) is 0 Å². The van der Waals surface area contributed by atoms with E-state index in [2.05, 4.69) is 41.1 Å². The van der Waals surface area contributed by atoms with Gasteiger partial charge in [0.15, 0.2) is 0 Å². The van der Waals surface area contributed by atoms with Crippen LogP contribution in [0.3, 0.4) is 0 Å². The molecule has 0 bridgehead atoms. The van der Waals surface area contributed by atoms with E-state index in [1.54, 1.807) is 6.21 Å². The van der Waals surface area contributed by atoms with E-state index in [0.717, 1.165) is 18.7 Å². The quantitative estimate of drug-likeness (QED) is 0.332. The Morgan fingerprint density at radius 3 is 2.14 bits per heavy atom. The minimum absolute atomic E-state index is 0. The SMILES string of the molecule is CCN(CC)c1ccc(/C=N/N=C(\[O-])C[N+](C)(C)C)cc1.Cl. The molecule has 0 saturated heterocycles. The first-order valence-corrected chi connectivity index (χ1v) is 7.28. The average Bonchev–Trinajstić information content (AvgIpc) is 2.40. The third-order valence-electron chi connectivity index (χ3n) is 3.01. The Labute approximate surface area is 140 Å². The summed E-state index contributed by atoms with van der Waals surface area (Å²) in [6, 6.07) is 8.08. The van der Waals surface area contributed by atoms with Crippen LogP contribution in [0.5, 0.6) is 0 Å². The molecule has 1 aromatic rings. The zero-order chi connectivity index (χ0) is 15.9. The maximum absolute atomic E-state index is 11.6. The van der Waals surface area contributed by atoms with Gasteiger partial charge in [-0.2, -0.15) is 10.2 Å². The van der Waals surface area contributed by atoms with Crippen LogP contribution in [0.25, 0.3) is 0 Å². The summed E-state index contributed by atoms with van der Waals surface area (Å²) in [5, 5.41) is 19.1. The molecule has 0 atom stereocenters. The zero-order valence-corrected chi connectivity index (χ0v) is 14.9. The molecule has 0 amide bonds. The fourth-order valence-corrected chi connectivity index (χ4v) is 1.96. The van der Waals surface area contributed by atoms with Crippen molar-refractivity contribution in [3.8, 4) is 0 Å². The molecule has 0 unspecified atom stereocenters. The number of anilines is 1. The van der Waals surface area contributed by atoms with E-state index in [0.29, 0.717) is 11.0 Å². The lowest BCUT2D eigenvalue weighted by molar-refractivity contribution is -0.863. The van der Waals surface area contributed by atoms with Gasteiger partial charge in [0.05, 0.1) is 27.4 Å². The van der Waals surface area contributed by atoms with Crippen molar-refractivity contribution in [2.45, 2.75) is 13.8 Å². The summed E-state index contributed by atoms with van der Waals surface area (Å²) in [5.41, 5.74) is 2.13. The Morgan fingerprint density at radius 2 is 1.68 bits per heavy atom. The minimum atomic E-state index is -0.210. The van der Waals surface area contributed by atoms with Crippen LogP contribution < -0.4 is 10.0 Å². The number of halogens is 1. The van der Waals surface area contributed by atoms with Crippen LogP contribution in [0.2, 0.25) is 0 Å². The first-order valence-electron chi connectivity index (χ1n) is 7.28. The lowest BCUT2D eigenvalue weighted by atomic mass is 10.2. The van der Waals surface area contributed by atoms with Crippen molar-refractivity contribution >= 4 is 30.2 Å². The maximum Gasteiger partial charge on any atom is 0.109 e. The Balaban J connectivity index is 0.00000441. The van der Waals surface area contributed by atoms with Gasteiger partial charge in [-0.1, -0.05) is 12.1 Å². The van der Waals surface area contributed by atoms with E-state index in [1.807, 2.05) is 33.3 Å². The molecular formula is C16H27ClN4O. The Hall–Kier alpha value is -1.59. The number of hydrogen-bond donors (Lipinski definition) is 0. The molecule has 0 heterocycles. The van der Waals surface area contributed by atoms with E-state index in [-0.39, 0.29) is 18.3 Å². The minimum Gasteiger partial charge on any atom is -0.857 e. The van der Waals surface area contributed by atoms with Gasteiger partial charge < -0.3 is 14.5 Å². The molecule has 0 radical (unpaired) electrons. The van der Waals surface area contributed by atoms with Gasteiger partial charge in [0.1, 0.15) is 6.54 Å². The molecule has 124 valence electrons. The second-order valence-electron chi connectivity index (χ2n) is 5.95. The van der Waals surface area contributed by atoms with Gasteiger partial charge in [-0.05, 0) is 31.5 Å². The third kappa shape index (κ3) is 7.43. The van der Waals surface area contributed by atoms with Crippen molar-refractivity contribution in [1.29, 1.82) is 0 Å². The molecule has 0 aromatic heterocycles. The van der Waals surface area contributed by atoms with Crippen LogP contribution in [0, 0.1) is 0 Å². The van der Waals surface area contributed by atoms with Crippen molar-refractivity contribution in [3.05, 3.63) is 29.8 Å². The molecule has 0 saturated carbocycles. The summed E-state index contributed by atoms with van der Waals surface area (Å²) in [7, 11) is 5.84. The number of quaternary nitrogens is 1. The van der Waals surface area contributed by atoms with E-state index < -0.39 is 0 Å². The lowest BCUT2D eigenvalue weighted by Crippen LogP contribution is -2.43.